The van der Waals surface area contributed by atoms with E-state index >= 15 is 0 Å². The molecule has 1 aromatic heterocycles. The van der Waals surface area contributed by atoms with Gasteiger partial charge in [0.1, 0.15) is 5.75 Å². The lowest BCUT2D eigenvalue weighted by Crippen LogP contribution is -2.28. The molecule has 1 saturated heterocycles. The monoisotopic (exact) mass is 435 g/mol. The molecule has 0 bridgehead atoms. The van der Waals surface area contributed by atoms with Crippen molar-refractivity contribution >= 4 is 17.6 Å². The molecule has 0 aliphatic carbocycles. The Morgan fingerprint density at radius 1 is 1.19 bits per heavy atom. The molecule has 2 aromatic carbocycles. The number of aromatic nitrogens is 2. The van der Waals surface area contributed by atoms with Gasteiger partial charge in [-0.05, 0) is 36.8 Å². The molecule has 3 amide bonds. The van der Waals surface area contributed by atoms with Gasteiger partial charge < -0.3 is 24.8 Å². The minimum atomic E-state index is -0.390. The summed E-state index contributed by atoms with van der Waals surface area (Å²) in [4.78, 5) is 30.7. The molecule has 1 aliphatic rings. The lowest BCUT2D eigenvalue weighted by Gasteiger charge is -2.15. The molecular formula is C23H25N5O4. The van der Waals surface area contributed by atoms with Crippen LogP contribution in [0, 0.1) is 0 Å². The van der Waals surface area contributed by atoms with Crippen LogP contribution in [0.1, 0.15) is 36.5 Å². The number of nitrogens with zero attached hydrogens (tertiary/aromatic N) is 3. The van der Waals surface area contributed by atoms with Crippen LogP contribution in [0.2, 0.25) is 0 Å². The number of likely N-dealkylation sites (tertiary alicyclic amines) is 1. The number of urea groups is 1. The highest BCUT2D eigenvalue weighted by molar-refractivity contribution is 5.89. The summed E-state index contributed by atoms with van der Waals surface area (Å²) < 4.78 is 10.6. The largest absolute Gasteiger partial charge is 0.494 e. The highest BCUT2D eigenvalue weighted by Crippen LogP contribution is 2.27. The highest BCUT2D eigenvalue weighted by Gasteiger charge is 2.33. The van der Waals surface area contributed by atoms with Crippen molar-refractivity contribution in [1.82, 2.24) is 20.4 Å². The van der Waals surface area contributed by atoms with E-state index in [1.165, 1.54) is 0 Å². The molecule has 0 spiro atoms. The number of amides is 3. The van der Waals surface area contributed by atoms with E-state index in [2.05, 4.69) is 20.8 Å². The van der Waals surface area contributed by atoms with Gasteiger partial charge in [-0.2, -0.15) is 4.98 Å². The Kier molecular flexibility index (Phi) is 6.64. The lowest BCUT2D eigenvalue weighted by atomic mass is 10.1. The van der Waals surface area contributed by atoms with Crippen molar-refractivity contribution in [3.05, 3.63) is 71.9 Å². The van der Waals surface area contributed by atoms with Gasteiger partial charge in [-0.25, -0.2) is 4.79 Å². The van der Waals surface area contributed by atoms with Gasteiger partial charge in [0, 0.05) is 31.1 Å². The molecule has 9 nitrogen and oxygen atoms in total. The first-order chi connectivity index (χ1) is 15.6. The van der Waals surface area contributed by atoms with Gasteiger partial charge in [-0.15, -0.1) is 0 Å². The summed E-state index contributed by atoms with van der Waals surface area (Å²) in [6.07, 6.45) is 0.345. The molecule has 0 radical (unpaired) electrons. The summed E-state index contributed by atoms with van der Waals surface area (Å²) in [5.74, 6) is 1.46. The number of benzene rings is 2. The Balaban J connectivity index is 1.26. The Morgan fingerprint density at radius 3 is 2.72 bits per heavy atom. The van der Waals surface area contributed by atoms with Crippen molar-refractivity contribution in [3.8, 4) is 5.75 Å². The minimum absolute atomic E-state index is 0.0676. The Hall–Kier alpha value is -3.88. The van der Waals surface area contributed by atoms with Gasteiger partial charge in [0.05, 0.1) is 13.2 Å². The normalized spacial score (nSPS) is 15.6. The van der Waals surface area contributed by atoms with Gasteiger partial charge >= 0.3 is 6.03 Å². The lowest BCUT2D eigenvalue weighted by molar-refractivity contribution is -0.128. The van der Waals surface area contributed by atoms with E-state index in [0.29, 0.717) is 37.6 Å². The molecule has 32 heavy (non-hydrogen) atoms. The van der Waals surface area contributed by atoms with Crippen LogP contribution < -0.4 is 15.4 Å². The van der Waals surface area contributed by atoms with Gasteiger partial charge in [0.15, 0.2) is 5.82 Å². The van der Waals surface area contributed by atoms with Crippen LogP contribution in [0.15, 0.2) is 59.1 Å². The van der Waals surface area contributed by atoms with E-state index in [1.807, 2.05) is 37.3 Å². The first kappa shape index (κ1) is 21.4. The molecule has 1 aliphatic heterocycles. The number of hydrogen-bond donors (Lipinski definition) is 2. The van der Waals surface area contributed by atoms with E-state index in [4.69, 9.17) is 9.26 Å². The topological polar surface area (TPSA) is 110 Å². The molecule has 9 heteroatoms. The van der Waals surface area contributed by atoms with E-state index in [0.717, 1.165) is 11.3 Å². The minimum Gasteiger partial charge on any atom is -0.494 e. The Labute approximate surface area is 185 Å². The van der Waals surface area contributed by atoms with Crippen LogP contribution in [0.4, 0.5) is 10.5 Å². The summed E-state index contributed by atoms with van der Waals surface area (Å²) in [6.45, 7) is 3.68. The highest BCUT2D eigenvalue weighted by atomic mass is 16.5. The van der Waals surface area contributed by atoms with Gasteiger partial charge in [0.2, 0.25) is 11.8 Å². The fourth-order valence-corrected chi connectivity index (χ4v) is 3.54. The number of ether oxygens (including phenoxy) is 1. The zero-order valence-corrected chi connectivity index (χ0v) is 17.8. The van der Waals surface area contributed by atoms with Crippen molar-refractivity contribution in [3.63, 3.8) is 0 Å². The molecule has 1 fully saturated rings. The third-order valence-electron chi connectivity index (χ3n) is 5.10. The molecule has 2 N–H and O–H groups in total. The molecule has 166 valence electrons. The third kappa shape index (κ3) is 5.42. The van der Waals surface area contributed by atoms with Crippen LogP contribution in [-0.2, 0) is 17.9 Å². The maximum atomic E-state index is 12.4. The van der Waals surface area contributed by atoms with E-state index in [1.54, 1.807) is 29.2 Å². The number of anilines is 1. The van der Waals surface area contributed by atoms with Gasteiger partial charge in [-0.3, -0.25) is 4.79 Å². The van der Waals surface area contributed by atoms with Crippen LogP contribution in [0.25, 0.3) is 0 Å². The maximum Gasteiger partial charge on any atom is 0.319 e. The molecule has 0 saturated carbocycles. The summed E-state index contributed by atoms with van der Waals surface area (Å²) in [7, 11) is 0. The average molecular weight is 435 g/mol. The second-order valence-electron chi connectivity index (χ2n) is 7.47. The summed E-state index contributed by atoms with van der Waals surface area (Å²) in [5.41, 5.74) is 1.72. The first-order valence-corrected chi connectivity index (χ1v) is 10.5. The van der Waals surface area contributed by atoms with Crippen molar-refractivity contribution in [2.45, 2.75) is 32.4 Å². The summed E-state index contributed by atoms with van der Waals surface area (Å²) >= 11 is 0. The van der Waals surface area contributed by atoms with E-state index < -0.39 is 0 Å². The Morgan fingerprint density at radius 2 is 1.97 bits per heavy atom. The van der Waals surface area contributed by atoms with E-state index in [-0.39, 0.29) is 30.3 Å². The molecule has 1 unspecified atom stereocenters. The number of nitrogens with one attached hydrogen (secondary N) is 2. The molecule has 2 heterocycles. The standard InChI is InChI=1S/C23H25N5O4/c1-2-31-19-10-8-18(9-11-19)25-23(30)24-13-20-26-22(27-32-20)17-12-21(29)28(15-17)14-16-6-4-3-5-7-16/h3-11,17H,2,12-15H2,1H3,(H2,24,25,30). The molecule has 3 aromatic rings. The smallest absolute Gasteiger partial charge is 0.319 e. The number of rotatable bonds is 8. The third-order valence-corrected chi connectivity index (χ3v) is 5.10. The fraction of sp³-hybridized carbons (Fsp3) is 0.304. The van der Waals surface area contributed by atoms with Crippen LogP contribution in [-0.4, -0.2) is 40.1 Å². The quantitative estimate of drug-likeness (QED) is 0.562. The zero-order valence-electron chi connectivity index (χ0n) is 17.8. The summed E-state index contributed by atoms with van der Waals surface area (Å²) in [6, 6.07) is 16.6. The predicted octanol–water partition coefficient (Wildman–Crippen LogP) is 3.31. The maximum absolute atomic E-state index is 12.4. The molecule has 1 atom stereocenters. The number of carbonyl (C=O) groups excluding carboxylic acids is 2. The van der Waals surface area contributed by atoms with E-state index in [9.17, 15) is 9.59 Å². The van der Waals surface area contributed by atoms with Crippen molar-refractivity contribution < 1.29 is 18.8 Å². The predicted molar refractivity (Wildman–Crippen MR) is 117 cm³/mol. The fourth-order valence-electron chi connectivity index (χ4n) is 3.54. The number of carbonyl (C=O) groups is 2. The van der Waals surface area contributed by atoms with Crippen molar-refractivity contribution in [2.75, 3.05) is 18.5 Å². The van der Waals surface area contributed by atoms with Crippen LogP contribution in [0.3, 0.4) is 0 Å². The second kappa shape index (κ2) is 9.95. The summed E-state index contributed by atoms with van der Waals surface area (Å²) in [5, 5.41) is 9.43. The van der Waals surface area contributed by atoms with Crippen molar-refractivity contribution in [1.29, 1.82) is 0 Å². The Bertz CT molecular complexity index is 1050. The first-order valence-electron chi connectivity index (χ1n) is 10.5. The van der Waals surface area contributed by atoms with Gasteiger partial charge in [0.25, 0.3) is 0 Å². The average Bonchev–Trinajstić information content (AvgIpc) is 3.41. The van der Waals surface area contributed by atoms with Gasteiger partial charge in [-0.1, -0.05) is 35.5 Å². The number of hydrogen-bond acceptors (Lipinski definition) is 6. The molecular weight excluding hydrogens is 410 g/mol. The van der Waals surface area contributed by atoms with Crippen LogP contribution >= 0.6 is 0 Å². The second-order valence-corrected chi connectivity index (χ2v) is 7.47. The van der Waals surface area contributed by atoms with Crippen molar-refractivity contribution in [2.24, 2.45) is 0 Å². The molecule has 4 rings (SSSR count). The SMILES string of the molecule is CCOc1ccc(NC(=O)NCc2nc(C3CC(=O)N(Cc4ccccc4)C3)no2)cc1. The van der Waals surface area contributed by atoms with Crippen LogP contribution in [0.5, 0.6) is 5.75 Å². The zero-order chi connectivity index (χ0) is 22.3.